The predicted octanol–water partition coefficient (Wildman–Crippen LogP) is 6.91. The van der Waals surface area contributed by atoms with E-state index < -0.39 is 33.8 Å². The lowest BCUT2D eigenvalue weighted by atomic mass is 10.1. The smallest absolute Gasteiger partial charge is 0.344 e. The average molecular weight is 494 g/mol. The van der Waals surface area contributed by atoms with Crippen molar-refractivity contribution in [3.05, 3.63) is 72.0 Å². The maximum absolute atomic E-state index is 14.6. The van der Waals surface area contributed by atoms with Crippen LogP contribution in [0.15, 0.2) is 60.7 Å². The fourth-order valence-corrected chi connectivity index (χ4v) is 7.17. The Balaban J connectivity index is 1.49. The summed E-state index contributed by atoms with van der Waals surface area (Å²) in [7, 11) is 0.837. The number of benzene rings is 3. The van der Waals surface area contributed by atoms with E-state index in [-0.39, 0.29) is 12.4 Å². The molecule has 0 amide bonds. The molecular formula is C28H26FO5S+. The van der Waals surface area contributed by atoms with Gasteiger partial charge in [-0.2, -0.15) is 0 Å². The Morgan fingerprint density at radius 1 is 0.971 bits per heavy atom. The first-order valence-electron chi connectivity index (χ1n) is 11.6. The molecule has 0 bridgehead atoms. The van der Waals surface area contributed by atoms with Gasteiger partial charge < -0.3 is 14.2 Å². The lowest BCUT2D eigenvalue weighted by Gasteiger charge is -2.23. The molecule has 4 aromatic rings. The normalized spacial score (nSPS) is 15.3. The van der Waals surface area contributed by atoms with E-state index in [2.05, 4.69) is 0 Å². The van der Waals surface area contributed by atoms with Gasteiger partial charge in [0.05, 0.1) is 12.7 Å². The molecule has 1 aliphatic rings. The standard InChI is InChI=1S/C28H26FO5S/c1-28(13-5-6-14-28)34-26(30)17-33-23-16-19(10-11-22(23)29)35-24-8-4-3-7-20(24)21-15-18(27(31)32-2)9-12-25(21)35/h3-4,7-12,15-16H,5-6,13-14,17H2,1-2H3/q+1. The molecule has 0 radical (unpaired) electrons. The summed E-state index contributed by atoms with van der Waals surface area (Å²) in [5, 5.41) is 1.98. The van der Waals surface area contributed by atoms with Crippen LogP contribution in [0.3, 0.4) is 0 Å². The summed E-state index contributed by atoms with van der Waals surface area (Å²) in [6.07, 6.45) is 3.74. The highest BCUT2D eigenvalue weighted by Crippen LogP contribution is 2.49. The first-order valence-corrected chi connectivity index (χ1v) is 12.8. The van der Waals surface area contributed by atoms with Crippen LogP contribution in [-0.4, -0.2) is 31.3 Å². The molecule has 1 saturated carbocycles. The van der Waals surface area contributed by atoms with E-state index in [4.69, 9.17) is 14.2 Å². The highest BCUT2D eigenvalue weighted by molar-refractivity contribution is 7.50. The van der Waals surface area contributed by atoms with Crippen LogP contribution in [0.5, 0.6) is 5.75 Å². The van der Waals surface area contributed by atoms with E-state index >= 15 is 0 Å². The molecule has 7 heteroatoms. The van der Waals surface area contributed by atoms with Crippen molar-refractivity contribution in [2.24, 2.45) is 0 Å². The molecule has 35 heavy (non-hydrogen) atoms. The van der Waals surface area contributed by atoms with Crippen LogP contribution in [0.4, 0.5) is 4.39 Å². The van der Waals surface area contributed by atoms with Crippen LogP contribution in [0, 0.1) is 5.82 Å². The van der Waals surface area contributed by atoms with Gasteiger partial charge >= 0.3 is 11.9 Å². The van der Waals surface area contributed by atoms with Gasteiger partial charge in [0, 0.05) is 33.4 Å². The van der Waals surface area contributed by atoms with Crippen molar-refractivity contribution < 1.29 is 28.2 Å². The minimum atomic E-state index is -0.536. The molecule has 1 atom stereocenters. The molecule has 1 unspecified atom stereocenters. The number of esters is 2. The van der Waals surface area contributed by atoms with E-state index in [1.54, 1.807) is 18.2 Å². The molecule has 180 valence electrons. The number of methoxy groups -OCH3 is 1. The van der Waals surface area contributed by atoms with Crippen molar-refractivity contribution in [2.45, 2.75) is 38.2 Å². The van der Waals surface area contributed by atoms with Crippen molar-refractivity contribution in [1.29, 1.82) is 0 Å². The molecule has 3 aromatic carbocycles. The summed E-state index contributed by atoms with van der Waals surface area (Å²) in [6, 6.07) is 18.3. The Labute approximate surface area is 205 Å². The number of ether oxygens (including phenoxy) is 3. The molecule has 5 rings (SSSR count). The van der Waals surface area contributed by atoms with E-state index in [1.165, 1.54) is 13.2 Å². The van der Waals surface area contributed by atoms with Crippen molar-refractivity contribution in [1.82, 2.24) is 0 Å². The molecule has 0 saturated heterocycles. The first kappa shape index (κ1) is 23.3. The molecular weight excluding hydrogens is 467 g/mol. The Hall–Kier alpha value is -3.45. The zero-order chi connectivity index (χ0) is 24.6. The topological polar surface area (TPSA) is 61.8 Å². The second kappa shape index (κ2) is 9.30. The van der Waals surface area contributed by atoms with Crippen LogP contribution in [-0.2, 0) is 14.3 Å². The van der Waals surface area contributed by atoms with Gasteiger partial charge in [-0.25, -0.2) is 14.0 Å². The van der Waals surface area contributed by atoms with E-state index in [0.29, 0.717) is 5.56 Å². The molecule has 1 fully saturated rings. The molecule has 1 heterocycles. The number of carbonyl (C=O) groups is 2. The first-order chi connectivity index (χ1) is 16.9. The SMILES string of the molecule is COC(=O)c1ccc2c(c1)c1ccccc1[s+]2-c1ccc(F)c(OCC(=O)OC2(C)CCCC2)c1. The van der Waals surface area contributed by atoms with Gasteiger partial charge in [0.25, 0.3) is 0 Å². The number of carbonyl (C=O) groups excluding carboxylic acids is 2. The van der Waals surface area contributed by atoms with Crippen LogP contribution >= 0.6 is 10.5 Å². The Morgan fingerprint density at radius 2 is 1.71 bits per heavy atom. The zero-order valence-electron chi connectivity index (χ0n) is 19.6. The Morgan fingerprint density at radius 3 is 2.49 bits per heavy atom. The average Bonchev–Trinajstić information content (AvgIpc) is 3.43. The largest absolute Gasteiger partial charge is 0.479 e. The second-order valence-corrected chi connectivity index (χ2v) is 11.0. The molecule has 1 aliphatic carbocycles. The summed E-state index contributed by atoms with van der Waals surface area (Å²) in [6.45, 7) is 1.58. The molecule has 5 nitrogen and oxygen atoms in total. The summed E-state index contributed by atoms with van der Waals surface area (Å²) in [5.41, 5.74) is 0.0202. The summed E-state index contributed by atoms with van der Waals surface area (Å²) in [5.74, 6) is -1.41. The number of thiophene rings is 1. The number of fused-ring (bicyclic) bond motifs is 3. The van der Waals surface area contributed by atoms with E-state index in [9.17, 15) is 14.0 Å². The van der Waals surface area contributed by atoms with Gasteiger partial charge in [0.1, 0.15) is 5.60 Å². The lowest BCUT2D eigenvalue weighted by molar-refractivity contribution is -0.159. The van der Waals surface area contributed by atoms with E-state index in [1.807, 2.05) is 43.3 Å². The predicted molar refractivity (Wildman–Crippen MR) is 135 cm³/mol. The third-order valence-corrected chi connectivity index (χ3v) is 8.84. The maximum atomic E-state index is 14.6. The van der Waals surface area contributed by atoms with Crippen molar-refractivity contribution in [2.75, 3.05) is 13.7 Å². The van der Waals surface area contributed by atoms with Crippen molar-refractivity contribution >= 4 is 42.6 Å². The van der Waals surface area contributed by atoms with Gasteiger partial charge in [-0.15, -0.1) is 0 Å². The molecule has 0 aliphatic heterocycles. The van der Waals surface area contributed by atoms with Gasteiger partial charge in [-0.1, -0.05) is 12.1 Å². The van der Waals surface area contributed by atoms with Gasteiger partial charge in [-0.3, -0.25) is 0 Å². The fourth-order valence-electron chi connectivity index (χ4n) is 4.79. The minimum Gasteiger partial charge on any atom is -0.479 e. The third kappa shape index (κ3) is 4.48. The second-order valence-electron chi connectivity index (χ2n) is 9.02. The third-order valence-electron chi connectivity index (χ3n) is 6.52. The fraction of sp³-hybridized carbons (Fsp3) is 0.286. The Bertz CT molecular complexity index is 1430. The minimum absolute atomic E-state index is 0.0145. The van der Waals surface area contributed by atoms with Crippen molar-refractivity contribution in [3.8, 4) is 10.6 Å². The maximum Gasteiger partial charge on any atom is 0.344 e. The van der Waals surface area contributed by atoms with Gasteiger partial charge in [0.15, 0.2) is 32.5 Å². The lowest BCUT2D eigenvalue weighted by Crippen LogP contribution is -2.30. The van der Waals surface area contributed by atoms with E-state index in [0.717, 1.165) is 50.8 Å². The number of halogens is 1. The highest BCUT2D eigenvalue weighted by Gasteiger charge is 2.33. The highest BCUT2D eigenvalue weighted by atomic mass is 32.2. The molecule has 1 aromatic heterocycles. The Kier molecular flexibility index (Phi) is 6.19. The van der Waals surface area contributed by atoms with Crippen molar-refractivity contribution in [3.63, 3.8) is 0 Å². The number of hydrogen-bond acceptors (Lipinski definition) is 5. The summed E-state index contributed by atoms with van der Waals surface area (Å²) < 4.78 is 32.8. The van der Waals surface area contributed by atoms with Crippen LogP contribution in [0.2, 0.25) is 0 Å². The summed E-state index contributed by atoms with van der Waals surface area (Å²) in [4.78, 5) is 25.3. The van der Waals surface area contributed by atoms with Crippen LogP contribution in [0.25, 0.3) is 25.1 Å². The monoisotopic (exact) mass is 493 g/mol. The summed E-state index contributed by atoms with van der Waals surface area (Å²) >= 11 is 0. The van der Waals surface area contributed by atoms with Gasteiger partial charge in [0.2, 0.25) is 0 Å². The van der Waals surface area contributed by atoms with Crippen LogP contribution < -0.4 is 4.74 Å². The quantitative estimate of drug-likeness (QED) is 0.216. The van der Waals surface area contributed by atoms with Crippen LogP contribution in [0.1, 0.15) is 43.0 Å². The van der Waals surface area contributed by atoms with Gasteiger partial charge in [-0.05, 0) is 69.0 Å². The molecule has 0 spiro atoms. The zero-order valence-corrected chi connectivity index (χ0v) is 20.5. The molecule has 0 N–H and O–H groups in total. The number of hydrogen-bond donors (Lipinski definition) is 0. The number of rotatable bonds is 6.